The molecule has 0 bridgehead atoms. The zero-order valence-electron chi connectivity index (χ0n) is 12.4. The molecule has 0 amide bonds. The van der Waals surface area contributed by atoms with Crippen LogP contribution in [-0.2, 0) is 9.84 Å². The maximum Gasteiger partial charge on any atom is 0.175 e. The summed E-state index contributed by atoms with van der Waals surface area (Å²) in [5.74, 6) is 1.45. The average molecular weight is 297 g/mol. The number of likely N-dealkylation sites (N-methyl/N-ethyl adjacent to an activating group) is 1. The van der Waals surface area contributed by atoms with Gasteiger partial charge in [-0.2, -0.15) is 0 Å². The largest absolute Gasteiger partial charge is 0.492 e. The Bertz CT molecular complexity index is 552. The van der Waals surface area contributed by atoms with Gasteiger partial charge in [0.2, 0.25) is 0 Å². The van der Waals surface area contributed by atoms with Gasteiger partial charge in [-0.25, -0.2) is 8.42 Å². The van der Waals surface area contributed by atoms with Crippen LogP contribution >= 0.6 is 0 Å². The molecule has 0 heterocycles. The van der Waals surface area contributed by atoms with Gasteiger partial charge < -0.3 is 9.64 Å². The molecule has 0 saturated heterocycles. The van der Waals surface area contributed by atoms with Crippen molar-refractivity contribution >= 4 is 9.84 Å². The molecular formula is C15H23NO3S. The SMILES string of the molecule is CC(C1CC1)N(C)CCOc1cccc(S(C)(=O)=O)c1. The van der Waals surface area contributed by atoms with Gasteiger partial charge >= 0.3 is 0 Å². The van der Waals surface area contributed by atoms with Gasteiger partial charge in [-0.1, -0.05) is 6.07 Å². The summed E-state index contributed by atoms with van der Waals surface area (Å²) in [4.78, 5) is 2.60. The van der Waals surface area contributed by atoms with Crippen LogP contribution in [0, 0.1) is 5.92 Å². The zero-order chi connectivity index (χ0) is 14.8. The highest BCUT2D eigenvalue weighted by molar-refractivity contribution is 7.90. The van der Waals surface area contributed by atoms with E-state index in [0.717, 1.165) is 12.5 Å². The molecule has 1 unspecified atom stereocenters. The highest BCUT2D eigenvalue weighted by Crippen LogP contribution is 2.34. The van der Waals surface area contributed by atoms with Gasteiger partial charge in [-0.15, -0.1) is 0 Å². The second-order valence-electron chi connectivity index (χ2n) is 5.65. The Balaban J connectivity index is 1.85. The van der Waals surface area contributed by atoms with Gasteiger partial charge in [0.15, 0.2) is 9.84 Å². The molecule has 1 aromatic carbocycles. The Morgan fingerprint density at radius 2 is 2.10 bits per heavy atom. The lowest BCUT2D eigenvalue weighted by Gasteiger charge is -2.24. The summed E-state index contributed by atoms with van der Waals surface area (Å²) in [6, 6.07) is 7.27. The topological polar surface area (TPSA) is 46.6 Å². The third kappa shape index (κ3) is 4.21. The molecule has 1 aliphatic rings. The normalized spacial score (nSPS) is 17.2. The van der Waals surface area contributed by atoms with E-state index in [9.17, 15) is 8.42 Å². The van der Waals surface area contributed by atoms with Crippen LogP contribution in [0.5, 0.6) is 5.75 Å². The van der Waals surface area contributed by atoms with Gasteiger partial charge in [-0.3, -0.25) is 0 Å². The minimum absolute atomic E-state index is 0.301. The van der Waals surface area contributed by atoms with Crippen molar-refractivity contribution in [3.63, 3.8) is 0 Å². The first-order valence-corrected chi connectivity index (χ1v) is 8.90. The maximum absolute atomic E-state index is 11.5. The van der Waals surface area contributed by atoms with Crippen LogP contribution in [-0.4, -0.2) is 45.8 Å². The number of ether oxygens (including phenoxy) is 1. The van der Waals surface area contributed by atoms with Crippen molar-refractivity contribution in [2.45, 2.75) is 30.7 Å². The summed E-state index contributed by atoms with van der Waals surface area (Å²) >= 11 is 0. The van der Waals surface area contributed by atoms with Gasteiger partial charge in [0.1, 0.15) is 12.4 Å². The second-order valence-corrected chi connectivity index (χ2v) is 7.67. The molecule has 1 fully saturated rings. The fraction of sp³-hybridized carbons (Fsp3) is 0.600. The molecule has 0 aliphatic heterocycles. The molecule has 2 rings (SSSR count). The number of hydrogen-bond acceptors (Lipinski definition) is 4. The summed E-state index contributed by atoms with van der Waals surface area (Å²) in [6.45, 7) is 3.67. The van der Waals surface area contributed by atoms with Crippen molar-refractivity contribution in [1.29, 1.82) is 0 Å². The summed E-state index contributed by atoms with van der Waals surface area (Å²) in [6.07, 6.45) is 3.88. The van der Waals surface area contributed by atoms with Gasteiger partial charge in [0.05, 0.1) is 4.90 Å². The van der Waals surface area contributed by atoms with Crippen LogP contribution in [0.1, 0.15) is 19.8 Å². The maximum atomic E-state index is 11.5. The molecule has 5 heteroatoms. The summed E-state index contributed by atoms with van der Waals surface area (Å²) < 4.78 is 28.6. The second kappa shape index (κ2) is 6.14. The first-order valence-electron chi connectivity index (χ1n) is 7.01. The van der Waals surface area contributed by atoms with Crippen LogP contribution in [0.3, 0.4) is 0 Å². The van der Waals surface area contributed by atoms with E-state index in [4.69, 9.17) is 4.74 Å². The van der Waals surface area contributed by atoms with Crippen molar-refractivity contribution in [3.05, 3.63) is 24.3 Å². The third-order valence-corrected chi connectivity index (χ3v) is 5.06. The summed E-state index contributed by atoms with van der Waals surface area (Å²) in [7, 11) is -1.06. The number of benzene rings is 1. The molecule has 20 heavy (non-hydrogen) atoms. The number of nitrogens with zero attached hydrogens (tertiary/aromatic N) is 1. The quantitative estimate of drug-likeness (QED) is 0.774. The fourth-order valence-electron chi connectivity index (χ4n) is 2.24. The summed E-state index contributed by atoms with van der Waals surface area (Å²) in [5, 5.41) is 0. The lowest BCUT2D eigenvalue weighted by molar-refractivity contribution is 0.186. The lowest BCUT2D eigenvalue weighted by atomic mass is 10.2. The fourth-order valence-corrected chi connectivity index (χ4v) is 2.90. The molecule has 1 atom stereocenters. The zero-order valence-corrected chi connectivity index (χ0v) is 13.2. The predicted molar refractivity (Wildman–Crippen MR) is 79.9 cm³/mol. The first kappa shape index (κ1) is 15.3. The Kier molecular flexibility index (Phi) is 4.70. The van der Waals surface area contributed by atoms with E-state index in [-0.39, 0.29) is 0 Å². The monoisotopic (exact) mass is 297 g/mol. The predicted octanol–water partition coefficient (Wildman–Crippen LogP) is 2.20. The molecule has 1 aromatic rings. The van der Waals surface area contributed by atoms with Crippen molar-refractivity contribution in [2.24, 2.45) is 5.92 Å². The smallest absolute Gasteiger partial charge is 0.175 e. The number of rotatable bonds is 7. The molecule has 0 spiro atoms. The lowest BCUT2D eigenvalue weighted by Crippen LogP contribution is -2.34. The minimum Gasteiger partial charge on any atom is -0.492 e. The van der Waals surface area contributed by atoms with E-state index in [0.29, 0.717) is 23.3 Å². The van der Waals surface area contributed by atoms with Crippen molar-refractivity contribution in [1.82, 2.24) is 4.90 Å². The van der Waals surface area contributed by atoms with Crippen molar-refractivity contribution < 1.29 is 13.2 Å². The Labute approximate surface area is 121 Å². The molecule has 1 aliphatic carbocycles. The minimum atomic E-state index is -3.17. The average Bonchev–Trinajstić information content (AvgIpc) is 3.21. The highest BCUT2D eigenvalue weighted by atomic mass is 32.2. The van der Waals surface area contributed by atoms with E-state index >= 15 is 0 Å². The van der Waals surface area contributed by atoms with Gasteiger partial charge in [-0.05, 0) is 50.9 Å². The van der Waals surface area contributed by atoms with E-state index in [1.807, 2.05) is 0 Å². The van der Waals surface area contributed by atoms with Crippen molar-refractivity contribution in [2.75, 3.05) is 26.5 Å². The standard InChI is InChI=1S/C15H23NO3S/c1-12(13-7-8-13)16(2)9-10-19-14-5-4-6-15(11-14)20(3,17)18/h4-6,11-13H,7-10H2,1-3H3. The van der Waals surface area contributed by atoms with E-state index in [2.05, 4.69) is 18.9 Å². The highest BCUT2D eigenvalue weighted by Gasteiger charge is 2.30. The molecule has 4 nitrogen and oxygen atoms in total. The van der Waals surface area contributed by atoms with Crippen LogP contribution in [0.4, 0.5) is 0 Å². The van der Waals surface area contributed by atoms with E-state index in [1.54, 1.807) is 24.3 Å². The molecule has 0 aromatic heterocycles. The van der Waals surface area contributed by atoms with E-state index in [1.165, 1.54) is 19.1 Å². The number of sulfone groups is 1. The Morgan fingerprint density at radius 1 is 1.40 bits per heavy atom. The van der Waals surface area contributed by atoms with Crippen LogP contribution < -0.4 is 4.74 Å². The van der Waals surface area contributed by atoms with Gasteiger partial charge in [0.25, 0.3) is 0 Å². The van der Waals surface area contributed by atoms with Crippen LogP contribution in [0.2, 0.25) is 0 Å². The molecular weight excluding hydrogens is 274 g/mol. The van der Waals surface area contributed by atoms with E-state index < -0.39 is 9.84 Å². The van der Waals surface area contributed by atoms with Crippen molar-refractivity contribution in [3.8, 4) is 5.75 Å². The Hall–Kier alpha value is -1.07. The first-order chi connectivity index (χ1) is 9.38. The number of hydrogen-bond donors (Lipinski definition) is 0. The molecule has 0 N–H and O–H groups in total. The summed E-state index contributed by atoms with van der Waals surface area (Å²) in [5.41, 5.74) is 0. The van der Waals surface area contributed by atoms with Crippen LogP contribution in [0.15, 0.2) is 29.2 Å². The molecule has 112 valence electrons. The Morgan fingerprint density at radius 3 is 2.70 bits per heavy atom. The van der Waals surface area contributed by atoms with Crippen LogP contribution in [0.25, 0.3) is 0 Å². The molecule has 1 saturated carbocycles. The van der Waals surface area contributed by atoms with Gasteiger partial charge in [0, 0.05) is 18.8 Å². The third-order valence-electron chi connectivity index (χ3n) is 3.95. The molecule has 0 radical (unpaired) electrons.